The number of para-hydroxylation sites is 1. The second kappa shape index (κ2) is 4.16. The van der Waals surface area contributed by atoms with E-state index in [0.717, 1.165) is 0 Å². The van der Waals surface area contributed by atoms with E-state index in [9.17, 15) is 14.0 Å². The number of nitrogens with one attached hydrogen (secondary N) is 1. The molecule has 4 nitrogen and oxygen atoms in total. The Morgan fingerprint density at radius 3 is 2.53 bits per heavy atom. The van der Waals surface area contributed by atoms with Crippen molar-refractivity contribution in [1.29, 1.82) is 0 Å². The molecule has 17 heavy (non-hydrogen) atoms. The van der Waals surface area contributed by atoms with Crippen LogP contribution in [0.2, 0.25) is 0 Å². The molecule has 0 aliphatic heterocycles. The summed E-state index contributed by atoms with van der Waals surface area (Å²) in [6.45, 7) is 0. The summed E-state index contributed by atoms with van der Waals surface area (Å²) >= 11 is 0. The fourth-order valence-corrected chi connectivity index (χ4v) is 1.65. The minimum atomic E-state index is -1.11. The largest absolute Gasteiger partial charge is 0.468 e. The number of amides is 1. The van der Waals surface area contributed by atoms with Gasteiger partial charge in [-0.05, 0) is 25.0 Å². The van der Waals surface area contributed by atoms with Crippen LogP contribution in [0, 0.1) is 11.2 Å². The van der Waals surface area contributed by atoms with E-state index >= 15 is 0 Å². The molecule has 1 amide bonds. The molecule has 0 heterocycles. The molecule has 0 bridgehead atoms. The van der Waals surface area contributed by atoms with Crippen LogP contribution in [0.25, 0.3) is 0 Å². The molecule has 1 aromatic rings. The molecule has 0 unspecified atom stereocenters. The molecular formula is C12H12FNO3. The van der Waals surface area contributed by atoms with E-state index in [0.29, 0.717) is 12.8 Å². The van der Waals surface area contributed by atoms with Crippen LogP contribution in [0.3, 0.4) is 0 Å². The monoisotopic (exact) mass is 237 g/mol. The van der Waals surface area contributed by atoms with E-state index in [1.165, 1.54) is 25.3 Å². The number of hydrogen-bond donors (Lipinski definition) is 1. The van der Waals surface area contributed by atoms with Crippen LogP contribution in [0.15, 0.2) is 24.3 Å². The van der Waals surface area contributed by atoms with E-state index in [4.69, 9.17) is 0 Å². The SMILES string of the molecule is COC(=O)C1(C(=O)Nc2ccccc2F)CC1. The molecule has 1 aromatic carbocycles. The molecule has 0 radical (unpaired) electrons. The molecule has 0 spiro atoms. The third kappa shape index (κ3) is 2.00. The second-order valence-corrected chi connectivity index (χ2v) is 4.01. The van der Waals surface area contributed by atoms with Gasteiger partial charge in [0.05, 0.1) is 12.8 Å². The molecular weight excluding hydrogens is 225 g/mol. The molecule has 0 saturated heterocycles. The van der Waals surface area contributed by atoms with Gasteiger partial charge >= 0.3 is 5.97 Å². The molecule has 0 aromatic heterocycles. The van der Waals surface area contributed by atoms with Gasteiger partial charge in [-0.2, -0.15) is 0 Å². The smallest absolute Gasteiger partial charge is 0.321 e. The fraction of sp³-hybridized carbons (Fsp3) is 0.333. The molecule has 5 heteroatoms. The molecule has 1 N–H and O–H groups in total. The van der Waals surface area contributed by atoms with Crippen LogP contribution >= 0.6 is 0 Å². The lowest BCUT2D eigenvalue weighted by Gasteiger charge is -2.13. The lowest BCUT2D eigenvalue weighted by atomic mass is 10.1. The number of anilines is 1. The van der Waals surface area contributed by atoms with Gasteiger partial charge in [0.1, 0.15) is 11.2 Å². The van der Waals surface area contributed by atoms with Crippen LogP contribution in [0.5, 0.6) is 0 Å². The highest BCUT2D eigenvalue weighted by molar-refractivity contribution is 6.11. The van der Waals surface area contributed by atoms with Gasteiger partial charge in [-0.25, -0.2) is 4.39 Å². The van der Waals surface area contributed by atoms with Gasteiger partial charge < -0.3 is 10.1 Å². The predicted molar refractivity (Wildman–Crippen MR) is 58.7 cm³/mol. The van der Waals surface area contributed by atoms with Crippen molar-refractivity contribution < 1.29 is 18.7 Å². The molecule has 0 atom stereocenters. The van der Waals surface area contributed by atoms with Gasteiger partial charge in [0, 0.05) is 0 Å². The maximum atomic E-state index is 13.3. The average molecular weight is 237 g/mol. The lowest BCUT2D eigenvalue weighted by molar-refractivity contribution is -0.150. The zero-order valence-electron chi connectivity index (χ0n) is 9.33. The Kier molecular flexibility index (Phi) is 2.83. The van der Waals surface area contributed by atoms with Crippen molar-refractivity contribution in [3.63, 3.8) is 0 Å². The van der Waals surface area contributed by atoms with Gasteiger partial charge in [0.25, 0.3) is 0 Å². The van der Waals surface area contributed by atoms with E-state index in [-0.39, 0.29) is 5.69 Å². The van der Waals surface area contributed by atoms with Crippen LogP contribution in [-0.2, 0) is 14.3 Å². The third-order valence-electron chi connectivity index (χ3n) is 2.88. The number of carbonyl (C=O) groups is 2. The summed E-state index contributed by atoms with van der Waals surface area (Å²) in [6, 6.07) is 5.82. The van der Waals surface area contributed by atoms with Crippen molar-refractivity contribution in [2.45, 2.75) is 12.8 Å². The van der Waals surface area contributed by atoms with Crippen molar-refractivity contribution in [3.8, 4) is 0 Å². The normalized spacial score (nSPS) is 16.1. The molecule has 1 saturated carbocycles. The topological polar surface area (TPSA) is 55.4 Å². The summed E-state index contributed by atoms with van der Waals surface area (Å²) in [6.07, 6.45) is 0.889. The lowest BCUT2D eigenvalue weighted by Crippen LogP contribution is -2.32. The van der Waals surface area contributed by atoms with Crippen molar-refractivity contribution >= 4 is 17.6 Å². The standard InChI is InChI=1S/C12H12FNO3/c1-17-11(16)12(6-7-12)10(15)14-9-5-3-2-4-8(9)13/h2-5H,6-7H2,1H3,(H,14,15). The predicted octanol–water partition coefficient (Wildman–Crippen LogP) is 1.72. The number of benzene rings is 1. The van der Waals surface area contributed by atoms with E-state index < -0.39 is 23.1 Å². The van der Waals surface area contributed by atoms with Crippen LogP contribution in [0.4, 0.5) is 10.1 Å². The Morgan fingerprint density at radius 1 is 1.35 bits per heavy atom. The maximum Gasteiger partial charge on any atom is 0.321 e. The number of methoxy groups -OCH3 is 1. The first-order chi connectivity index (χ1) is 8.10. The first-order valence-electron chi connectivity index (χ1n) is 5.24. The Labute approximate surface area is 97.8 Å². The van der Waals surface area contributed by atoms with Crippen molar-refractivity contribution in [2.75, 3.05) is 12.4 Å². The average Bonchev–Trinajstić information content (AvgIpc) is 3.12. The van der Waals surface area contributed by atoms with Gasteiger partial charge in [0.2, 0.25) is 5.91 Å². The Morgan fingerprint density at radius 2 is 2.00 bits per heavy atom. The molecule has 1 aliphatic rings. The highest BCUT2D eigenvalue weighted by Gasteiger charge is 2.57. The minimum Gasteiger partial charge on any atom is -0.468 e. The quantitative estimate of drug-likeness (QED) is 0.643. The Balaban J connectivity index is 2.13. The number of halogens is 1. The molecule has 2 rings (SSSR count). The maximum absolute atomic E-state index is 13.3. The van der Waals surface area contributed by atoms with E-state index in [2.05, 4.69) is 10.1 Å². The first-order valence-corrected chi connectivity index (χ1v) is 5.24. The van der Waals surface area contributed by atoms with Crippen LogP contribution in [-0.4, -0.2) is 19.0 Å². The summed E-state index contributed by atoms with van der Waals surface area (Å²) in [4.78, 5) is 23.3. The second-order valence-electron chi connectivity index (χ2n) is 4.01. The van der Waals surface area contributed by atoms with Gasteiger partial charge in [-0.1, -0.05) is 12.1 Å². The minimum absolute atomic E-state index is 0.0766. The zero-order chi connectivity index (χ0) is 12.5. The summed E-state index contributed by atoms with van der Waals surface area (Å²) in [7, 11) is 1.23. The molecule has 90 valence electrons. The number of rotatable bonds is 3. The van der Waals surface area contributed by atoms with Crippen LogP contribution in [0.1, 0.15) is 12.8 Å². The van der Waals surface area contributed by atoms with Gasteiger partial charge in [-0.3, -0.25) is 9.59 Å². The Bertz CT molecular complexity index is 469. The number of ether oxygens (including phenoxy) is 1. The Hall–Kier alpha value is -1.91. The summed E-state index contributed by atoms with van der Waals surface area (Å²) in [5, 5.41) is 2.41. The van der Waals surface area contributed by atoms with Crippen molar-refractivity contribution in [2.24, 2.45) is 5.41 Å². The summed E-state index contributed by atoms with van der Waals surface area (Å²) < 4.78 is 17.9. The first kappa shape index (κ1) is 11.6. The highest BCUT2D eigenvalue weighted by atomic mass is 19.1. The summed E-state index contributed by atoms with van der Waals surface area (Å²) in [5.74, 6) is -1.60. The summed E-state index contributed by atoms with van der Waals surface area (Å²) in [5.41, 5.74) is -1.04. The zero-order valence-corrected chi connectivity index (χ0v) is 9.33. The highest BCUT2D eigenvalue weighted by Crippen LogP contribution is 2.47. The third-order valence-corrected chi connectivity index (χ3v) is 2.88. The van der Waals surface area contributed by atoms with Gasteiger partial charge in [0.15, 0.2) is 0 Å². The number of carbonyl (C=O) groups excluding carboxylic acids is 2. The van der Waals surface area contributed by atoms with E-state index in [1.54, 1.807) is 6.07 Å². The van der Waals surface area contributed by atoms with Gasteiger partial charge in [-0.15, -0.1) is 0 Å². The number of hydrogen-bond acceptors (Lipinski definition) is 3. The molecule has 1 fully saturated rings. The van der Waals surface area contributed by atoms with E-state index in [1.807, 2.05) is 0 Å². The number of esters is 1. The fourth-order valence-electron chi connectivity index (χ4n) is 1.65. The van der Waals surface area contributed by atoms with Crippen molar-refractivity contribution in [1.82, 2.24) is 0 Å². The molecule has 1 aliphatic carbocycles. The van der Waals surface area contributed by atoms with Crippen molar-refractivity contribution in [3.05, 3.63) is 30.1 Å². The van der Waals surface area contributed by atoms with Crippen LogP contribution < -0.4 is 5.32 Å².